The Hall–Kier alpha value is 0.480. The fraction of sp³-hybridized carbons (Fsp3) is 1.00. The maximum absolute atomic E-state index is 3.96. The van der Waals surface area contributed by atoms with Crippen LogP contribution < -0.4 is 0 Å². The Kier molecular flexibility index (Phi) is 21.6. The molecule has 0 saturated carbocycles. The number of hydrogen-bond acceptors (Lipinski definition) is 0. The third-order valence-corrected chi connectivity index (χ3v) is 7.65. The SMILES string of the molecule is CCCCCCCCC(CBr)(CCCCCCCC)CCCCCCCC. The van der Waals surface area contributed by atoms with Gasteiger partial charge < -0.3 is 0 Å². The Bertz CT molecular complexity index is 233. The number of rotatable bonds is 22. The lowest BCUT2D eigenvalue weighted by atomic mass is 9.75. The largest absolute Gasteiger partial charge is 0.0922 e. The van der Waals surface area contributed by atoms with Crippen LogP contribution in [0.2, 0.25) is 0 Å². The van der Waals surface area contributed by atoms with Gasteiger partial charge in [0, 0.05) is 5.33 Å². The van der Waals surface area contributed by atoms with Gasteiger partial charge in [-0.15, -0.1) is 0 Å². The second kappa shape index (κ2) is 21.2. The summed E-state index contributed by atoms with van der Waals surface area (Å²) in [4.78, 5) is 0. The number of hydrogen-bond donors (Lipinski definition) is 0. The Morgan fingerprint density at radius 1 is 0.407 bits per heavy atom. The molecule has 0 aliphatic heterocycles. The predicted molar refractivity (Wildman–Crippen MR) is 130 cm³/mol. The minimum absolute atomic E-state index is 0.597. The van der Waals surface area contributed by atoms with Crippen LogP contribution in [0, 0.1) is 5.41 Å². The highest BCUT2D eigenvalue weighted by molar-refractivity contribution is 9.09. The van der Waals surface area contributed by atoms with Crippen LogP contribution in [0.15, 0.2) is 0 Å². The van der Waals surface area contributed by atoms with Crippen LogP contribution in [0.3, 0.4) is 0 Å². The molecule has 0 saturated heterocycles. The molecule has 0 radical (unpaired) electrons. The van der Waals surface area contributed by atoms with Gasteiger partial charge in [-0.25, -0.2) is 0 Å². The van der Waals surface area contributed by atoms with Crippen molar-refractivity contribution in [1.82, 2.24) is 0 Å². The summed E-state index contributed by atoms with van der Waals surface area (Å²) in [6, 6.07) is 0. The molecule has 0 heterocycles. The molecular weight excluding hydrogens is 392 g/mol. The highest BCUT2D eigenvalue weighted by atomic mass is 79.9. The maximum Gasteiger partial charge on any atom is 0.00879 e. The van der Waals surface area contributed by atoms with E-state index in [1.807, 2.05) is 0 Å². The lowest BCUT2D eigenvalue weighted by molar-refractivity contribution is 0.231. The number of alkyl halides is 1. The van der Waals surface area contributed by atoms with E-state index in [9.17, 15) is 0 Å². The third-order valence-electron chi connectivity index (χ3n) is 6.47. The maximum atomic E-state index is 3.96. The van der Waals surface area contributed by atoms with Gasteiger partial charge in [0.15, 0.2) is 0 Å². The molecule has 164 valence electrons. The highest BCUT2D eigenvalue weighted by Crippen LogP contribution is 2.39. The van der Waals surface area contributed by atoms with Gasteiger partial charge in [-0.3, -0.25) is 0 Å². The normalized spacial score (nSPS) is 12.0. The molecule has 0 aromatic heterocycles. The fourth-order valence-electron chi connectivity index (χ4n) is 4.42. The van der Waals surface area contributed by atoms with E-state index < -0.39 is 0 Å². The summed E-state index contributed by atoms with van der Waals surface area (Å²) >= 11 is 3.96. The first-order valence-electron chi connectivity index (χ1n) is 12.8. The molecule has 0 aromatic rings. The van der Waals surface area contributed by atoms with Gasteiger partial charge in [0.1, 0.15) is 0 Å². The average Bonchev–Trinajstić information content (AvgIpc) is 2.69. The molecular formula is C26H53Br. The lowest BCUT2D eigenvalue weighted by Gasteiger charge is -2.33. The molecule has 0 fully saturated rings. The van der Waals surface area contributed by atoms with Crippen LogP contribution in [0.4, 0.5) is 0 Å². The molecule has 0 aliphatic rings. The van der Waals surface area contributed by atoms with Crippen molar-refractivity contribution in [3.63, 3.8) is 0 Å². The van der Waals surface area contributed by atoms with Crippen LogP contribution in [-0.4, -0.2) is 5.33 Å². The van der Waals surface area contributed by atoms with Crippen molar-refractivity contribution in [3.05, 3.63) is 0 Å². The molecule has 0 atom stereocenters. The predicted octanol–water partition coefficient (Wildman–Crippen LogP) is 10.6. The molecule has 0 spiro atoms. The Morgan fingerprint density at radius 3 is 0.926 bits per heavy atom. The van der Waals surface area contributed by atoms with Crippen LogP contribution in [0.25, 0.3) is 0 Å². The van der Waals surface area contributed by atoms with E-state index in [0.29, 0.717) is 5.41 Å². The molecule has 0 unspecified atom stereocenters. The fourth-order valence-corrected chi connectivity index (χ4v) is 5.26. The first-order valence-corrected chi connectivity index (χ1v) is 13.9. The van der Waals surface area contributed by atoms with E-state index in [-0.39, 0.29) is 0 Å². The van der Waals surface area contributed by atoms with Crippen molar-refractivity contribution < 1.29 is 0 Å². The van der Waals surface area contributed by atoms with Crippen molar-refractivity contribution in [2.45, 2.75) is 156 Å². The zero-order chi connectivity index (χ0) is 20.1. The smallest absolute Gasteiger partial charge is 0.00879 e. The van der Waals surface area contributed by atoms with Crippen molar-refractivity contribution >= 4 is 15.9 Å². The molecule has 27 heavy (non-hydrogen) atoms. The molecule has 1 heteroatoms. The first kappa shape index (κ1) is 27.5. The van der Waals surface area contributed by atoms with Gasteiger partial charge in [-0.2, -0.15) is 0 Å². The zero-order valence-electron chi connectivity index (χ0n) is 19.4. The minimum Gasteiger partial charge on any atom is -0.0922 e. The van der Waals surface area contributed by atoms with E-state index in [0.717, 1.165) is 0 Å². The van der Waals surface area contributed by atoms with E-state index >= 15 is 0 Å². The van der Waals surface area contributed by atoms with Gasteiger partial charge in [0.25, 0.3) is 0 Å². The Labute approximate surface area is 182 Å². The summed E-state index contributed by atoms with van der Waals surface area (Å²) < 4.78 is 0. The number of unbranched alkanes of at least 4 members (excludes halogenated alkanes) is 15. The van der Waals surface area contributed by atoms with Gasteiger partial charge in [0.05, 0.1) is 0 Å². The van der Waals surface area contributed by atoms with Crippen molar-refractivity contribution in [2.75, 3.05) is 5.33 Å². The second-order valence-corrected chi connectivity index (χ2v) is 9.75. The van der Waals surface area contributed by atoms with E-state index in [4.69, 9.17) is 0 Å². The number of halogens is 1. The molecule has 0 bridgehead atoms. The monoisotopic (exact) mass is 444 g/mol. The van der Waals surface area contributed by atoms with Crippen molar-refractivity contribution in [2.24, 2.45) is 5.41 Å². The molecule has 0 aromatic carbocycles. The molecule has 0 nitrogen and oxygen atoms in total. The van der Waals surface area contributed by atoms with E-state index in [1.165, 1.54) is 140 Å². The summed E-state index contributed by atoms with van der Waals surface area (Å²) in [5.41, 5.74) is 0.597. The molecule has 0 rings (SSSR count). The van der Waals surface area contributed by atoms with Gasteiger partial charge in [-0.05, 0) is 24.7 Å². The summed E-state index contributed by atoms with van der Waals surface area (Å²) in [5.74, 6) is 0. The minimum atomic E-state index is 0.597. The molecule has 0 amide bonds. The summed E-state index contributed by atoms with van der Waals surface area (Å²) in [6.07, 6.45) is 30.3. The van der Waals surface area contributed by atoms with Crippen molar-refractivity contribution in [3.8, 4) is 0 Å². The summed E-state index contributed by atoms with van der Waals surface area (Å²) in [5, 5.41) is 1.23. The zero-order valence-corrected chi connectivity index (χ0v) is 21.0. The quantitative estimate of drug-likeness (QED) is 0.115. The topological polar surface area (TPSA) is 0 Å². The van der Waals surface area contributed by atoms with Crippen LogP contribution >= 0.6 is 15.9 Å². The Balaban J connectivity index is 4.23. The van der Waals surface area contributed by atoms with Crippen LogP contribution in [-0.2, 0) is 0 Å². The third kappa shape index (κ3) is 17.1. The van der Waals surface area contributed by atoms with Crippen LogP contribution in [0.5, 0.6) is 0 Å². The van der Waals surface area contributed by atoms with Gasteiger partial charge in [-0.1, -0.05) is 152 Å². The van der Waals surface area contributed by atoms with Crippen molar-refractivity contribution in [1.29, 1.82) is 0 Å². The van der Waals surface area contributed by atoms with Gasteiger partial charge >= 0.3 is 0 Å². The van der Waals surface area contributed by atoms with Gasteiger partial charge in [0.2, 0.25) is 0 Å². The molecule has 0 aliphatic carbocycles. The highest BCUT2D eigenvalue weighted by Gasteiger charge is 2.27. The first-order chi connectivity index (χ1) is 13.2. The lowest BCUT2D eigenvalue weighted by Crippen LogP contribution is -2.23. The Morgan fingerprint density at radius 2 is 0.667 bits per heavy atom. The second-order valence-electron chi connectivity index (χ2n) is 9.19. The summed E-state index contributed by atoms with van der Waals surface area (Å²) in [7, 11) is 0. The average molecular weight is 446 g/mol. The standard InChI is InChI=1S/C26H53Br/c1-4-7-10-13-16-19-22-26(25-27,23-20-17-14-11-8-5-2)24-21-18-15-12-9-6-3/h4-25H2,1-3H3. The van der Waals surface area contributed by atoms with E-state index in [1.54, 1.807) is 0 Å². The molecule has 0 N–H and O–H groups in total. The summed E-state index contributed by atoms with van der Waals surface area (Å²) in [6.45, 7) is 6.95. The van der Waals surface area contributed by atoms with E-state index in [2.05, 4.69) is 36.7 Å². The van der Waals surface area contributed by atoms with Crippen LogP contribution in [0.1, 0.15) is 156 Å².